The van der Waals surface area contributed by atoms with E-state index in [0.717, 1.165) is 16.6 Å². The Morgan fingerprint density at radius 3 is 2.57 bits per heavy atom. The average Bonchev–Trinajstić information content (AvgIpc) is 2.37. The van der Waals surface area contributed by atoms with Crippen molar-refractivity contribution in [2.24, 2.45) is 0 Å². The summed E-state index contributed by atoms with van der Waals surface area (Å²) in [5.74, 6) is -0.659. The molecule has 2 rings (SSSR count). The molecule has 0 aliphatic heterocycles. The lowest BCUT2D eigenvalue weighted by Crippen LogP contribution is -2.15. The molecule has 2 aromatic carbocycles. The van der Waals surface area contributed by atoms with E-state index < -0.39 is 15.8 Å². The Bertz CT molecular complexity index is 812. The first-order valence-corrected chi connectivity index (χ1v) is 8.39. The van der Waals surface area contributed by atoms with Gasteiger partial charge in [0.05, 0.1) is 21.3 Å². The van der Waals surface area contributed by atoms with Crippen molar-refractivity contribution in [3.05, 3.63) is 51.2 Å². The van der Waals surface area contributed by atoms with E-state index in [9.17, 15) is 12.8 Å². The van der Waals surface area contributed by atoms with Gasteiger partial charge in [-0.15, -0.1) is 0 Å². The van der Waals surface area contributed by atoms with E-state index in [1.54, 1.807) is 12.1 Å². The zero-order valence-electron chi connectivity index (χ0n) is 10.8. The topological polar surface area (TPSA) is 72.2 Å². The molecule has 0 aromatic heterocycles. The van der Waals surface area contributed by atoms with Crippen molar-refractivity contribution < 1.29 is 12.8 Å². The number of nitrogens with two attached hydrogens (primary N) is 1. The van der Waals surface area contributed by atoms with E-state index in [1.165, 1.54) is 13.0 Å². The molecule has 0 saturated heterocycles. The van der Waals surface area contributed by atoms with Crippen LogP contribution in [0.2, 0.25) is 5.02 Å². The van der Waals surface area contributed by atoms with Crippen molar-refractivity contribution >= 4 is 48.9 Å². The van der Waals surface area contributed by atoms with E-state index in [4.69, 9.17) is 17.3 Å². The smallest absolute Gasteiger partial charge is 0.262 e. The first kappa shape index (κ1) is 16.1. The van der Waals surface area contributed by atoms with Gasteiger partial charge in [0, 0.05) is 4.47 Å². The maximum Gasteiger partial charge on any atom is 0.262 e. The molecular formula is C13H11BrClFN2O2S. The van der Waals surface area contributed by atoms with Crippen molar-refractivity contribution in [1.82, 2.24) is 0 Å². The molecule has 0 heterocycles. The van der Waals surface area contributed by atoms with E-state index in [-0.39, 0.29) is 26.9 Å². The fourth-order valence-electron chi connectivity index (χ4n) is 1.73. The zero-order chi connectivity index (χ0) is 15.8. The van der Waals surface area contributed by atoms with Gasteiger partial charge in [-0.2, -0.15) is 0 Å². The van der Waals surface area contributed by atoms with Crippen LogP contribution in [-0.2, 0) is 10.0 Å². The molecule has 4 nitrogen and oxygen atoms in total. The number of hydrogen-bond acceptors (Lipinski definition) is 3. The Morgan fingerprint density at radius 1 is 1.29 bits per heavy atom. The highest BCUT2D eigenvalue weighted by Gasteiger charge is 2.20. The molecule has 0 aliphatic rings. The quantitative estimate of drug-likeness (QED) is 0.776. The van der Waals surface area contributed by atoms with Crippen LogP contribution in [0.1, 0.15) is 5.56 Å². The first-order chi connectivity index (χ1) is 9.70. The van der Waals surface area contributed by atoms with Crippen LogP contribution in [0.5, 0.6) is 0 Å². The maximum absolute atomic E-state index is 13.3. The first-order valence-electron chi connectivity index (χ1n) is 5.74. The molecule has 21 heavy (non-hydrogen) atoms. The van der Waals surface area contributed by atoms with Crippen LogP contribution >= 0.6 is 27.5 Å². The molecule has 8 heteroatoms. The molecule has 0 amide bonds. The molecule has 0 saturated carbocycles. The van der Waals surface area contributed by atoms with Crippen LogP contribution < -0.4 is 10.5 Å². The summed E-state index contributed by atoms with van der Waals surface area (Å²) in [6.07, 6.45) is 0. The van der Waals surface area contributed by atoms with Crippen LogP contribution in [0.15, 0.2) is 39.7 Å². The van der Waals surface area contributed by atoms with Crippen molar-refractivity contribution in [3.8, 4) is 0 Å². The zero-order valence-corrected chi connectivity index (χ0v) is 14.0. The summed E-state index contributed by atoms with van der Waals surface area (Å²) in [7, 11) is -3.92. The number of anilines is 2. The Labute approximate surface area is 135 Å². The fourth-order valence-corrected chi connectivity index (χ4v) is 3.85. The summed E-state index contributed by atoms with van der Waals surface area (Å²) < 4.78 is 41.1. The number of rotatable bonds is 3. The lowest BCUT2D eigenvalue weighted by Gasteiger charge is -2.12. The van der Waals surface area contributed by atoms with Gasteiger partial charge in [0.2, 0.25) is 0 Å². The Balaban J connectivity index is 2.46. The molecule has 3 N–H and O–H groups in total. The van der Waals surface area contributed by atoms with Gasteiger partial charge >= 0.3 is 0 Å². The van der Waals surface area contributed by atoms with Crippen molar-refractivity contribution in [3.63, 3.8) is 0 Å². The molecular weight excluding hydrogens is 383 g/mol. The molecule has 2 aromatic rings. The summed E-state index contributed by atoms with van der Waals surface area (Å²) in [4.78, 5) is -0.0969. The fraction of sp³-hybridized carbons (Fsp3) is 0.0769. The Hall–Kier alpha value is -1.31. The second kappa shape index (κ2) is 5.82. The van der Waals surface area contributed by atoms with Gasteiger partial charge in [0.1, 0.15) is 5.82 Å². The molecule has 0 aliphatic carbocycles. The number of nitrogen functional groups attached to an aromatic ring is 1. The predicted octanol–water partition coefficient (Wildman–Crippen LogP) is 3.93. The predicted molar refractivity (Wildman–Crippen MR) is 85.5 cm³/mol. The normalized spacial score (nSPS) is 11.4. The van der Waals surface area contributed by atoms with Crippen LogP contribution in [0.4, 0.5) is 15.8 Å². The summed E-state index contributed by atoms with van der Waals surface area (Å²) in [6, 6.07) is 6.89. The minimum absolute atomic E-state index is 0.0969. The average molecular weight is 394 g/mol. The number of nitrogens with one attached hydrogen (secondary N) is 1. The number of aryl methyl sites for hydroxylation is 1. The summed E-state index contributed by atoms with van der Waals surface area (Å²) in [5.41, 5.74) is 5.67. The monoisotopic (exact) mass is 392 g/mol. The maximum atomic E-state index is 13.3. The van der Waals surface area contributed by atoms with E-state index >= 15 is 0 Å². The summed E-state index contributed by atoms with van der Waals surface area (Å²) in [5, 5.41) is 0.237. The van der Waals surface area contributed by atoms with Crippen LogP contribution in [-0.4, -0.2) is 8.42 Å². The van der Waals surface area contributed by atoms with Gasteiger partial charge in [-0.1, -0.05) is 27.5 Å². The molecule has 112 valence electrons. The van der Waals surface area contributed by atoms with Crippen LogP contribution in [0.25, 0.3) is 0 Å². The molecule has 0 radical (unpaired) electrons. The van der Waals surface area contributed by atoms with Crippen molar-refractivity contribution in [2.75, 3.05) is 10.5 Å². The third kappa shape index (κ3) is 3.48. The minimum Gasteiger partial charge on any atom is -0.396 e. The van der Waals surface area contributed by atoms with E-state index in [0.29, 0.717) is 0 Å². The number of benzene rings is 2. The second-order valence-corrected chi connectivity index (χ2v) is 7.34. The van der Waals surface area contributed by atoms with Crippen LogP contribution in [0, 0.1) is 12.7 Å². The Kier molecular flexibility index (Phi) is 4.46. The van der Waals surface area contributed by atoms with Crippen molar-refractivity contribution in [1.29, 1.82) is 0 Å². The summed E-state index contributed by atoms with van der Waals surface area (Å²) >= 11 is 9.21. The van der Waals surface area contributed by atoms with Gasteiger partial charge in [-0.05, 0) is 42.8 Å². The highest BCUT2D eigenvalue weighted by Crippen LogP contribution is 2.29. The van der Waals surface area contributed by atoms with Crippen molar-refractivity contribution in [2.45, 2.75) is 11.8 Å². The van der Waals surface area contributed by atoms with Gasteiger partial charge in [-0.3, -0.25) is 4.72 Å². The minimum atomic E-state index is -3.92. The number of halogens is 3. The van der Waals surface area contributed by atoms with Gasteiger partial charge in [0.25, 0.3) is 10.0 Å². The van der Waals surface area contributed by atoms with E-state index in [2.05, 4.69) is 20.7 Å². The van der Waals surface area contributed by atoms with E-state index in [1.807, 2.05) is 0 Å². The van der Waals surface area contributed by atoms with Gasteiger partial charge in [-0.25, -0.2) is 12.8 Å². The highest BCUT2D eigenvalue weighted by molar-refractivity contribution is 9.10. The standard InChI is InChI=1S/C13H11BrClFN2O2S/c1-7-4-10(16)11(17)6-13(7)21(19,20)18-12-3-2-8(14)5-9(12)15/h2-6,18H,17H2,1H3. The lowest BCUT2D eigenvalue weighted by molar-refractivity contribution is 0.599. The van der Waals surface area contributed by atoms with Gasteiger partial charge in [0.15, 0.2) is 0 Å². The SMILES string of the molecule is Cc1cc(F)c(N)cc1S(=O)(=O)Nc1ccc(Br)cc1Cl. The third-order valence-corrected chi connectivity index (χ3v) is 5.07. The second-order valence-electron chi connectivity index (χ2n) is 4.37. The molecule has 0 atom stereocenters. The molecule has 0 bridgehead atoms. The lowest BCUT2D eigenvalue weighted by atomic mass is 10.2. The molecule has 0 fully saturated rings. The third-order valence-electron chi connectivity index (χ3n) is 2.76. The number of sulfonamides is 1. The Morgan fingerprint density at radius 2 is 1.95 bits per heavy atom. The molecule has 0 unspecified atom stereocenters. The molecule has 0 spiro atoms. The highest BCUT2D eigenvalue weighted by atomic mass is 79.9. The van der Waals surface area contributed by atoms with Crippen LogP contribution in [0.3, 0.4) is 0 Å². The largest absolute Gasteiger partial charge is 0.396 e. The number of hydrogen-bond donors (Lipinski definition) is 2. The summed E-state index contributed by atoms with van der Waals surface area (Å²) in [6.45, 7) is 1.49. The van der Waals surface area contributed by atoms with Gasteiger partial charge < -0.3 is 5.73 Å².